The summed E-state index contributed by atoms with van der Waals surface area (Å²) in [4.78, 5) is 0. The molecule has 0 spiro atoms. The third-order valence-corrected chi connectivity index (χ3v) is 3.96. The van der Waals surface area contributed by atoms with Crippen LogP contribution in [0.25, 0.3) is 0 Å². The van der Waals surface area contributed by atoms with Gasteiger partial charge >= 0.3 is 0 Å². The van der Waals surface area contributed by atoms with E-state index >= 15 is 0 Å². The van der Waals surface area contributed by atoms with E-state index in [1.54, 1.807) is 6.07 Å². The topological polar surface area (TPSA) is 20.2 Å². The monoisotopic (exact) mass is 346 g/mol. The first kappa shape index (κ1) is 14.4. The SMILES string of the molecule is OC(Cc1ccc(F)cc1Cl)c1cccc(F)c1Br. The quantitative estimate of drug-likeness (QED) is 0.856. The minimum absolute atomic E-state index is 0.182. The molecule has 5 heteroatoms. The van der Waals surface area contributed by atoms with Gasteiger partial charge in [-0.3, -0.25) is 0 Å². The van der Waals surface area contributed by atoms with Gasteiger partial charge in [-0.15, -0.1) is 0 Å². The van der Waals surface area contributed by atoms with Crippen LogP contribution >= 0.6 is 27.5 Å². The largest absolute Gasteiger partial charge is 0.388 e. The predicted octanol–water partition coefficient (Wildman–Crippen LogP) is 4.66. The molecule has 0 radical (unpaired) electrons. The molecule has 1 N–H and O–H groups in total. The number of rotatable bonds is 3. The normalized spacial score (nSPS) is 12.5. The Morgan fingerprint density at radius 2 is 1.95 bits per heavy atom. The highest BCUT2D eigenvalue weighted by molar-refractivity contribution is 9.10. The zero-order valence-corrected chi connectivity index (χ0v) is 12.0. The molecule has 0 aliphatic rings. The van der Waals surface area contributed by atoms with Crippen LogP contribution in [0.3, 0.4) is 0 Å². The van der Waals surface area contributed by atoms with Crippen molar-refractivity contribution in [2.24, 2.45) is 0 Å². The van der Waals surface area contributed by atoms with Gasteiger partial charge in [0.25, 0.3) is 0 Å². The van der Waals surface area contributed by atoms with Crippen LogP contribution in [-0.2, 0) is 6.42 Å². The van der Waals surface area contributed by atoms with Crippen molar-refractivity contribution in [3.63, 3.8) is 0 Å². The summed E-state index contributed by atoms with van der Waals surface area (Å²) in [6.45, 7) is 0. The highest BCUT2D eigenvalue weighted by atomic mass is 79.9. The molecule has 0 saturated heterocycles. The van der Waals surface area contributed by atoms with Crippen LogP contribution in [0.15, 0.2) is 40.9 Å². The molecule has 2 rings (SSSR count). The molecule has 0 saturated carbocycles. The van der Waals surface area contributed by atoms with E-state index in [-0.39, 0.29) is 15.9 Å². The van der Waals surface area contributed by atoms with Crippen molar-refractivity contribution in [3.8, 4) is 0 Å². The van der Waals surface area contributed by atoms with E-state index in [1.807, 2.05) is 0 Å². The molecule has 0 amide bonds. The van der Waals surface area contributed by atoms with Crippen LogP contribution in [0.4, 0.5) is 8.78 Å². The minimum atomic E-state index is -0.923. The lowest BCUT2D eigenvalue weighted by Crippen LogP contribution is -2.04. The summed E-state index contributed by atoms with van der Waals surface area (Å²) in [5, 5.41) is 10.4. The van der Waals surface area contributed by atoms with E-state index in [9.17, 15) is 13.9 Å². The Morgan fingerprint density at radius 1 is 1.21 bits per heavy atom. The second kappa shape index (κ2) is 5.99. The first-order valence-corrected chi connectivity index (χ1v) is 6.72. The van der Waals surface area contributed by atoms with Gasteiger partial charge in [-0.1, -0.05) is 29.8 Å². The fourth-order valence-corrected chi connectivity index (χ4v) is 2.56. The van der Waals surface area contributed by atoms with Crippen molar-refractivity contribution in [2.75, 3.05) is 0 Å². The van der Waals surface area contributed by atoms with Crippen LogP contribution < -0.4 is 0 Å². The van der Waals surface area contributed by atoms with Crippen molar-refractivity contribution in [3.05, 3.63) is 68.7 Å². The molecule has 0 aliphatic carbocycles. The fourth-order valence-electron chi connectivity index (χ4n) is 1.78. The summed E-state index contributed by atoms with van der Waals surface area (Å²) < 4.78 is 26.5. The Labute approximate surface area is 123 Å². The molecule has 1 unspecified atom stereocenters. The Balaban J connectivity index is 2.25. The molecule has 1 atom stereocenters. The minimum Gasteiger partial charge on any atom is -0.388 e. The molecule has 0 fully saturated rings. The van der Waals surface area contributed by atoms with E-state index in [0.717, 1.165) is 0 Å². The standard InChI is InChI=1S/C14H10BrClF2O/c15-14-10(2-1-3-12(14)18)13(19)6-8-4-5-9(17)7-11(8)16/h1-5,7,13,19H,6H2. The summed E-state index contributed by atoms with van der Waals surface area (Å²) in [6, 6.07) is 8.40. The zero-order valence-electron chi connectivity index (χ0n) is 9.71. The second-order valence-corrected chi connectivity index (χ2v) is 5.30. The van der Waals surface area contributed by atoms with E-state index in [1.165, 1.54) is 30.3 Å². The highest BCUT2D eigenvalue weighted by Gasteiger charge is 2.16. The van der Waals surface area contributed by atoms with Crippen LogP contribution in [0.2, 0.25) is 5.02 Å². The van der Waals surface area contributed by atoms with Gasteiger partial charge in [-0.2, -0.15) is 0 Å². The van der Waals surface area contributed by atoms with Crippen LogP contribution in [0, 0.1) is 11.6 Å². The number of aliphatic hydroxyl groups is 1. The Morgan fingerprint density at radius 3 is 2.63 bits per heavy atom. The summed E-state index contributed by atoms with van der Waals surface area (Å²) in [7, 11) is 0. The first-order valence-electron chi connectivity index (χ1n) is 5.55. The van der Waals surface area contributed by atoms with Crippen molar-refractivity contribution < 1.29 is 13.9 Å². The molecule has 19 heavy (non-hydrogen) atoms. The Kier molecular flexibility index (Phi) is 4.55. The number of hydrogen-bond donors (Lipinski definition) is 1. The number of aliphatic hydroxyl groups excluding tert-OH is 1. The van der Waals surface area contributed by atoms with Crippen molar-refractivity contribution in [1.29, 1.82) is 0 Å². The number of hydrogen-bond acceptors (Lipinski definition) is 1. The molecule has 0 bridgehead atoms. The molecular formula is C14H10BrClF2O. The summed E-state index contributed by atoms with van der Waals surface area (Å²) in [6.07, 6.45) is -0.741. The van der Waals surface area contributed by atoms with Gasteiger partial charge in [-0.05, 0) is 45.3 Å². The van der Waals surface area contributed by atoms with Crippen molar-refractivity contribution >= 4 is 27.5 Å². The van der Waals surface area contributed by atoms with Gasteiger partial charge in [-0.25, -0.2) is 8.78 Å². The van der Waals surface area contributed by atoms with E-state index in [4.69, 9.17) is 11.6 Å². The van der Waals surface area contributed by atoms with Gasteiger partial charge in [0, 0.05) is 11.4 Å². The molecular weight excluding hydrogens is 338 g/mol. The van der Waals surface area contributed by atoms with E-state index in [2.05, 4.69) is 15.9 Å². The fraction of sp³-hybridized carbons (Fsp3) is 0.143. The van der Waals surface area contributed by atoms with Crippen LogP contribution in [0.1, 0.15) is 17.2 Å². The lowest BCUT2D eigenvalue weighted by molar-refractivity contribution is 0.177. The summed E-state index contributed by atoms with van der Waals surface area (Å²) in [5.74, 6) is -0.878. The average molecular weight is 348 g/mol. The van der Waals surface area contributed by atoms with Crippen molar-refractivity contribution in [2.45, 2.75) is 12.5 Å². The zero-order chi connectivity index (χ0) is 14.0. The Hall–Kier alpha value is -0.970. The van der Waals surface area contributed by atoms with E-state index in [0.29, 0.717) is 11.1 Å². The smallest absolute Gasteiger partial charge is 0.137 e. The average Bonchev–Trinajstić information content (AvgIpc) is 2.36. The molecule has 0 aliphatic heterocycles. The number of benzene rings is 2. The van der Waals surface area contributed by atoms with Gasteiger partial charge in [0.1, 0.15) is 11.6 Å². The molecule has 2 aromatic carbocycles. The Bertz CT molecular complexity index is 604. The second-order valence-electron chi connectivity index (χ2n) is 4.10. The van der Waals surface area contributed by atoms with Crippen LogP contribution in [-0.4, -0.2) is 5.11 Å². The summed E-state index contributed by atoms with van der Waals surface area (Å²) in [5.41, 5.74) is 1.03. The maximum absolute atomic E-state index is 13.4. The number of halogens is 4. The molecule has 0 heterocycles. The third-order valence-electron chi connectivity index (χ3n) is 2.77. The first-order chi connectivity index (χ1) is 8.99. The molecule has 2 aromatic rings. The maximum Gasteiger partial charge on any atom is 0.137 e. The maximum atomic E-state index is 13.4. The lowest BCUT2D eigenvalue weighted by atomic mass is 10.0. The highest BCUT2D eigenvalue weighted by Crippen LogP contribution is 2.30. The molecule has 0 aromatic heterocycles. The third kappa shape index (κ3) is 3.32. The lowest BCUT2D eigenvalue weighted by Gasteiger charge is -2.14. The van der Waals surface area contributed by atoms with Gasteiger partial charge in [0.15, 0.2) is 0 Å². The van der Waals surface area contributed by atoms with Crippen molar-refractivity contribution in [1.82, 2.24) is 0 Å². The van der Waals surface area contributed by atoms with Gasteiger partial charge < -0.3 is 5.11 Å². The predicted molar refractivity (Wildman–Crippen MR) is 74.2 cm³/mol. The van der Waals surface area contributed by atoms with Gasteiger partial charge in [0.05, 0.1) is 10.6 Å². The van der Waals surface area contributed by atoms with E-state index < -0.39 is 17.7 Å². The van der Waals surface area contributed by atoms with Gasteiger partial charge in [0.2, 0.25) is 0 Å². The molecule has 100 valence electrons. The summed E-state index contributed by atoms with van der Waals surface area (Å²) >= 11 is 8.99. The van der Waals surface area contributed by atoms with Crippen LogP contribution in [0.5, 0.6) is 0 Å². The molecule has 1 nitrogen and oxygen atoms in total.